The van der Waals surface area contributed by atoms with Gasteiger partial charge in [0.15, 0.2) is 5.82 Å². The van der Waals surface area contributed by atoms with Crippen LogP contribution in [0.15, 0.2) is 76.9 Å². The number of halogens is 2. The number of nitrogens with one attached hydrogen (secondary N) is 2. The van der Waals surface area contributed by atoms with Crippen molar-refractivity contribution in [1.82, 2.24) is 19.7 Å². The van der Waals surface area contributed by atoms with Crippen molar-refractivity contribution in [3.05, 3.63) is 100 Å². The monoisotopic (exact) mass is 588 g/mol. The van der Waals surface area contributed by atoms with E-state index in [0.717, 1.165) is 29.0 Å². The summed E-state index contributed by atoms with van der Waals surface area (Å²) in [5, 5.41) is 10.3. The van der Waals surface area contributed by atoms with Gasteiger partial charge in [0.05, 0.1) is 24.6 Å². The first-order valence-electron chi connectivity index (χ1n) is 13.6. The Hall–Kier alpha value is -5.01. The lowest BCUT2D eigenvalue weighted by Crippen LogP contribution is -2.40. The van der Waals surface area contributed by atoms with Crippen molar-refractivity contribution >= 4 is 35.5 Å². The van der Waals surface area contributed by atoms with Gasteiger partial charge in [-0.3, -0.25) is 19.9 Å². The molecule has 1 saturated heterocycles. The van der Waals surface area contributed by atoms with E-state index < -0.39 is 23.1 Å². The summed E-state index contributed by atoms with van der Waals surface area (Å²) in [5.41, 5.74) is 4.08. The van der Waals surface area contributed by atoms with Gasteiger partial charge in [-0.05, 0) is 61.5 Å². The van der Waals surface area contributed by atoms with Gasteiger partial charge in [0.25, 0.3) is 11.5 Å². The number of aromatic nitrogens is 3. The van der Waals surface area contributed by atoms with E-state index >= 15 is 4.39 Å². The number of pyridine rings is 1. The molecule has 4 aromatic rings. The molecule has 2 aromatic heterocycles. The van der Waals surface area contributed by atoms with Gasteiger partial charge in [-0.25, -0.2) is 13.8 Å². The van der Waals surface area contributed by atoms with E-state index in [9.17, 15) is 14.0 Å². The lowest BCUT2D eigenvalue weighted by atomic mass is 10.1. The number of hydrogen-bond donors (Lipinski definition) is 2. The SMILES string of the molecule is C=NNc1nccc(N(CCN2CCOCC2)c2ccc(NC(=O)c3ccnn(-c4ccc(F)cc4)c3=O)cc2F)c1C. The second-order valence-corrected chi connectivity index (χ2v) is 9.74. The van der Waals surface area contributed by atoms with Crippen molar-refractivity contribution in [1.29, 1.82) is 0 Å². The minimum atomic E-state index is -0.739. The highest BCUT2D eigenvalue weighted by Crippen LogP contribution is 2.34. The van der Waals surface area contributed by atoms with Crippen LogP contribution in [0.1, 0.15) is 15.9 Å². The number of anilines is 4. The molecule has 0 atom stereocenters. The van der Waals surface area contributed by atoms with Crippen molar-refractivity contribution < 1.29 is 18.3 Å². The number of ether oxygens (including phenoxy) is 1. The van der Waals surface area contributed by atoms with Gasteiger partial charge in [0, 0.05) is 62.2 Å². The maximum atomic E-state index is 15.8. The maximum Gasteiger partial charge on any atom is 0.284 e. The first-order valence-corrected chi connectivity index (χ1v) is 13.6. The average molecular weight is 589 g/mol. The molecule has 1 aliphatic heterocycles. The molecule has 0 bridgehead atoms. The van der Waals surface area contributed by atoms with Gasteiger partial charge in [0.2, 0.25) is 0 Å². The van der Waals surface area contributed by atoms with E-state index in [4.69, 9.17) is 4.74 Å². The second-order valence-electron chi connectivity index (χ2n) is 9.74. The van der Waals surface area contributed by atoms with Crippen LogP contribution in [-0.4, -0.2) is 71.7 Å². The number of hydrazone groups is 1. The number of carbonyl (C=O) groups excluding carboxylic acids is 1. The molecule has 43 heavy (non-hydrogen) atoms. The van der Waals surface area contributed by atoms with E-state index in [2.05, 4.69) is 37.5 Å². The molecule has 1 aliphatic rings. The third-order valence-electron chi connectivity index (χ3n) is 7.05. The van der Waals surface area contributed by atoms with E-state index in [1.54, 1.807) is 24.4 Å². The fourth-order valence-corrected chi connectivity index (χ4v) is 4.80. The van der Waals surface area contributed by atoms with E-state index in [0.29, 0.717) is 43.5 Å². The van der Waals surface area contributed by atoms with Gasteiger partial charge in [-0.1, -0.05) is 0 Å². The number of carbonyl (C=O) groups is 1. The van der Waals surface area contributed by atoms with Crippen molar-refractivity contribution in [3.63, 3.8) is 0 Å². The third kappa shape index (κ3) is 6.74. The summed E-state index contributed by atoms with van der Waals surface area (Å²) in [4.78, 5) is 34.5. The molecular weight excluding hydrogens is 558 g/mol. The van der Waals surface area contributed by atoms with E-state index in [1.807, 2.05) is 11.8 Å². The van der Waals surface area contributed by atoms with Gasteiger partial charge < -0.3 is 15.0 Å². The van der Waals surface area contributed by atoms with E-state index in [-0.39, 0.29) is 11.3 Å². The van der Waals surface area contributed by atoms with Crippen LogP contribution < -0.4 is 21.2 Å². The van der Waals surface area contributed by atoms with Gasteiger partial charge >= 0.3 is 0 Å². The molecule has 222 valence electrons. The normalized spacial score (nSPS) is 13.4. The fourth-order valence-electron chi connectivity index (χ4n) is 4.80. The van der Waals surface area contributed by atoms with Crippen LogP contribution in [0.4, 0.5) is 31.7 Å². The summed E-state index contributed by atoms with van der Waals surface area (Å²) in [6.45, 7) is 9.29. The molecule has 0 radical (unpaired) electrons. The zero-order valence-electron chi connectivity index (χ0n) is 23.5. The molecule has 0 spiro atoms. The molecule has 13 heteroatoms. The maximum absolute atomic E-state index is 15.8. The summed E-state index contributed by atoms with van der Waals surface area (Å²) >= 11 is 0. The van der Waals surface area contributed by atoms with Crippen LogP contribution in [0.3, 0.4) is 0 Å². The average Bonchev–Trinajstić information content (AvgIpc) is 3.01. The Morgan fingerprint density at radius 2 is 1.84 bits per heavy atom. The highest BCUT2D eigenvalue weighted by molar-refractivity contribution is 6.04. The standard InChI is InChI=1S/C30H30F2N8O3/c1-20-26(10-11-34-28(20)37-33-2)39(14-13-38-15-17-43-18-16-38)27-8-5-22(19-25(27)32)36-29(41)24-9-12-35-40(30(24)42)23-6-3-21(31)4-7-23/h3-12,19H,2,13-18H2,1H3,(H,34,37)(H,36,41). The molecule has 2 N–H and O–H groups in total. The zero-order valence-corrected chi connectivity index (χ0v) is 23.5. The van der Waals surface area contributed by atoms with Crippen LogP contribution in [0.25, 0.3) is 5.69 Å². The molecule has 1 fully saturated rings. The first-order chi connectivity index (χ1) is 20.9. The summed E-state index contributed by atoms with van der Waals surface area (Å²) in [6, 6.07) is 12.5. The highest BCUT2D eigenvalue weighted by Gasteiger charge is 2.21. The number of benzene rings is 2. The van der Waals surface area contributed by atoms with Gasteiger partial charge in [0.1, 0.15) is 17.2 Å². The number of morpholine rings is 1. The quantitative estimate of drug-likeness (QED) is 0.211. The van der Waals surface area contributed by atoms with Gasteiger partial charge in [-0.2, -0.15) is 14.9 Å². The topological polar surface area (TPSA) is 117 Å². The largest absolute Gasteiger partial charge is 0.379 e. The number of hydrogen-bond acceptors (Lipinski definition) is 9. The minimum absolute atomic E-state index is 0.161. The Labute approximate surface area is 246 Å². The molecule has 0 aliphatic carbocycles. The Bertz CT molecular complexity index is 1670. The minimum Gasteiger partial charge on any atom is -0.379 e. The number of rotatable bonds is 10. The first kappa shape index (κ1) is 29.5. The van der Waals surface area contributed by atoms with Crippen LogP contribution >= 0.6 is 0 Å². The summed E-state index contributed by atoms with van der Waals surface area (Å²) in [7, 11) is 0. The lowest BCUT2D eigenvalue weighted by molar-refractivity contribution is 0.0394. The highest BCUT2D eigenvalue weighted by atomic mass is 19.1. The van der Waals surface area contributed by atoms with Crippen molar-refractivity contribution in [3.8, 4) is 5.69 Å². The third-order valence-corrected chi connectivity index (χ3v) is 7.05. The van der Waals surface area contributed by atoms with E-state index in [1.165, 1.54) is 42.6 Å². The number of nitrogens with zero attached hydrogens (tertiary/aromatic N) is 6. The molecule has 1 amide bonds. The molecule has 0 unspecified atom stereocenters. The molecule has 0 saturated carbocycles. The smallest absolute Gasteiger partial charge is 0.284 e. The summed E-state index contributed by atoms with van der Waals surface area (Å²) in [6.07, 6.45) is 2.90. The van der Waals surface area contributed by atoms with Crippen LogP contribution in [0.5, 0.6) is 0 Å². The second kappa shape index (κ2) is 13.3. The molecule has 11 nitrogen and oxygen atoms in total. The molecular formula is C30H30F2N8O3. The summed E-state index contributed by atoms with van der Waals surface area (Å²) < 4.78 is 35.6. The molecule has 2 aromatic carbocycles. The Balaban J connectivity index is 1.41. The predicted octanol–water partition coefficient (Wildman–Crippen LogP) is 3.96. The lowest BCUT2D eigenvalue weighted by Gasteiger charge is -2.32. The van der Waals surface area contributed by atoms with Gasteiger partial charge in [-0.15, -0.1) is 0 Å². The Morgan fingerprint density at radius 1 is 1.07 bits per heavy atom. The molecule has 5 rings (SSSR count). The zero-order chi connectivity index (χ0) is 30.3. The van der Waals surface area contributed by atoms with Crippen molar-refractivity contribution in [2.24, 2.45) is 5.10 Å². The van der Waals surface area contributed by atoms with Crippen LogP contribution in [0.2, 0.25) is 0 Å². The molecule has 3 heterocycles. The van der Waals surface area contributed by atoms with Crippen LogP contribution in [0, 0.1) is 18.6 Å². The Kier molecular flexibility index (Phi) is 9.13. The number of amides is 1. The fraction of sp³-hybridized carbons (Fsp3) is 0.233. The van der Waals surface area contributed by atoms with Crippen molar-refractivity contribution in [2.75, 3.05) is 55.0 Å². The van der Waals surface area contributed by atoms with Crippen LogP contribution in [-0.2, 0) is 4.74 Å². The summed E-state index contributed by atoms with van der Waals surface area (Å²) in [5.74, 6) is -1.29. The predicted molar refractivity (Wildman–Crippen MR) is 161 cm³/mol. The van der Waals surface area contributed by atoms with Crippen molar-refractivity contribution in [2.45, 2.75) is 6.92 Å². The Morgan fingerprint density at radius 3 is 2.56 bits per heavy atom.